The number of hydrogen-bond acceptors (Lipinski definition) is 2. The molecule has 0 heterocycles. The molecule has 0 spiro atoms. The maximum atomic E-state index is 14.6. The summed E-state index contributed by atoms with van der Waals surface area (Å²) in [7, 11) is 3.15. The van der Waals surface area contributed by atoms with Crippen LogP contribution in [0.5, 0.6) is 5.75 Å². The number of ether oxygens (including phenoxy) is 2. The normalized spacial score (nSPS) is 10.6. The fourth-order valence-corrected chi connectivity index (χ4v) is 2.71. The van der Waals surface area contributed by atoms with Crippen molar-refractivity contribution in [2.24, 2.45) is 0 Å². The van der Waals surface area contributed by atoms with Crippen LogP contribution in [0.2, 0.25) is 0 Å². The van der Waals surface area contributed by atoms with Crippen LogP contribution in [0.25, 0.3) is 27.7 Å². The Morgan fingerprint density at radius 3 is 2.48 bits per heavy atom. The minimum absolute atomic E-state index is 0.290. The van der Waals surface area contributed by atoms with Gasteiger partial charge in [-0.3, -0.25) is 0 Å². The summed E-state index contributed by atoms with van der Waals surface area (Å²) >= 11 is 0. The Morgan fingerprint density at radius 1 is 1.00 bits per heavy atom. The van der Waals surface area contributed by atoms with Gasteiger partial charge in [0, 0.05) is 16.7 Å². The lowest BCUT2D eigenvalue weighted by molar-refractivity contribution is 0.371. The van der Waals surface area contributed by atoms with Crippen LogP contribution in [-0.4, -0.2) is 14.2 Å². The van der Waals surface area contributed by atoms with Gasteiger partial charge >= 0.3 is 0 Å². The van der Waals surface area contributed by atoms with Gasteiger partial charge in [-0.2, -0.15) is 0 Å². The van der Waals surface area contributed by atoms with Crippen molar-refractivity contribution in [2.75, 3.05) is 14.2 Å². The van der Waals surface area contributed by atoms with E-state index >= 15 is 0 Å². The number of methoxy groups -OCH3 is 2. The number of para-hydroxylation sites is 1. The third-order valence-corrected chi connectivity index (χ3v) is 3.92. The van der Waals surface area contributed by atoms with E-state index in [9.17, 15) is 4.39 Å². The van der Waals surface area contributed by atoms with Crippen LogP contribution in [-0.2, 0) is 4.74 Å². The molecule has 116 valence electrons. The predicted octanol–water partition coefficient (Wildman–Crippen LogP) is 5.27. The summed E-state index contributed by atoms with van der Waals surface area (Å²) in [5, 5.41) is 1.74. The molecule has 3 rings (SSSR count). The van der Waals surface area contributed by atoms with Gasteiger partial charge < -0.3 is 9.47 Å². The Morgan fingerprint density at radius 2 is 1.74 bits per heavy atom. The topological polar surface area (TPSA) is 18.5 Å². The molecular weight excluding hydrogens is 291 g/mol. The molecule has 0 bridgehead atoms. The van der Waals surface area contributed by atoms with Crippen LogP contribution in [0, 0.1) is 5.82 Å². The number of halogens is 1. The molecule has 3 aromatic carbocycles. The standard InChI is InChI=1S/C20H17FO2/c1-13(22-2)15-9-8-14-10-11-18(21)20(17(14)12-15)16-6-4-5-7-19(16)23-3/h4-12H,1H2,2-3H3. The fourth-order valence-electron chi connectivity index (χ4n) is 2.71. The smallest absolute Gasteiger partial charge is 0.131 e. The SMILES string of the molecule is C=C(OC)c1ccc2ccc(F)c(-c3ccccc3OC)c2c1. The van der Waals surface area contributed by atoms with Gasteiger partial charge in [-0.1, -0.05) is 43.0 Å². The molecule has 0 atom stereocenters. The summed E-state index contributed by atoms with van der Waals surface area (Å²) in [6, 6.07) is 16.4. The second-order valence-electron chi connectivity index (χ2n) is 5.19. The zero-order valence-electron chi connectivity index (χ0n) is 13.1. The van der Waals surface area contributed by atoms with Crippen molar-refractivity contribution in [1.29, 1.82) is 0 Å². The highest BCUT2D eigenvalue weighted by atomic mass is 19.1. The van der Waals surface area contributed by atoms with Crippen molar-refractivity contribution >= 4 is 16.5 Å². The van der Waals surface area contributed by atoms with Gasteiger partial charge in [0.2, 0.25) is 0 Å². The number of benzene rings is 3. The summed E-state index contributed by atoms with van der Waals surface area (Å²) in [6.45, 7) is 3.87. The lowest BCUT2D eigenvalue weighted by Gasteiger charge is -2.13. The Hall–Kier alpha value is -2.81. The average molecular weight is 308 g/mol. The Balaban J connectivity index is 2.34. The molecule has 0 aliphatic carbocycles. The van der Waals surface area contributed by atoms with Crippen molar-refractivity contribution in [1.82, 2.24) is 0 Å². The molecule has 0 amide bonds. The number of rotatable bonds is 4. The van der Waals surface area contributed by atoms with E-state index in [4.69, 9.17) is 9.47 Å². The molecular formula is C20H17FO2. The van der Waals surface area contributed by atoms with Gasteiger partial charge in [-0.25, -0.2) is 4.39 Å². The maximum Gasteiger partial charge on any atom is 0.131 e. The predicted molar refractivity (Wildman–Crippen MR) is 91.9 cm³/mol. The summed E-state index contributed by atoms with van der Waals surface area (Å²) in [5.41, 5.74) is 2.06. The third kappa shape index (κ3) is 2.66. The van der Waals surface area contributed by atoms with Crippen LogP contribution in [0.3, 0.4) is 0 Å². The van der Waals surface area contributed by atoms with Gasteiger partial charge in [-0.05, 0) is 29.0 Å². The first-order valence-electron chi connectivity index (χ1n) is 7.24. The second-order valence-corrected chi connectivity index (χ2v) is 5.19. The molecule has 0 aliphatic rings. The Kier molecular flexibility index (Phi) is 4.02. The Labute approximate surface area is 134 Å². The van der Waals surface area contributed by atoms with E-state index in [1.54, 1.807) is 20.3 Å². The lowest BCUT2D eigenvalue weighted by atomic mass is 9.95. The molecule has 0 N–H and O–H groups in total. The molecule has 0 saturated heterocycles. The second kappa shape index (κ2) is 6.13. The molecule has 3 heteroatoms. The summed E-state index contributed by atoms with van der Waals surface area (Å²) in [4.78, 5) is 0. The summed E-state index contributed by atoms with van der Waals surface area (Å²) in [6.07, 6.45) is 0. The van der Waals surface area contributed by atoms with E-state index in [-0.39, 0.29) is 5.82 Å². The number of hydrogen-bond donors (Lipinski definition) is 0. The monoisotopic (exact) mass is 308 g/mol. The number of fused-ring (bicyclic) bond motifs is 1. The quantitative estimate of drug-likeness (QED) is 0.611. The summed E-state index contributed by atoms with van der Waals surface area (Å²) in [5.74, 6) is 0.888. The van der Waals surface area contributed by atoms with Crippen LogP contribution in [0.4, 0.5) is 4.39 Å². The molecule has 0 aromatic heterocycles. The molecule has 0 saturated carbocycles. The third-order valence-electron chi connectivity index (χ3n) is 3.92. The zero-order chi connectivity index (χ0) is 16.4. The van der Waals surface area contributed by atoms with Gasteiger partial charge in [0.15, 0.2) is 0 Å². The van der Waals surface area contributed by atoms with Crippen molar-refractivity contribution in [3.63, 3.8) is 0 Å². The zero-order valence-corrected chi connectivity index (χ0v) is 13.1. The van der Waals surface area contributed by atoms with Crippen molar-refractivity contribution in [3.8, 4) is 16.9 Å². The van der Waals surface area contributed by atoms with Gasteiger partial charge in [0.05, 0.1) is 14.2 Å². The molecule has 0 fully saturated rings. The van der Waals surface area contributed by atoms with E-state index in [0.29, 0.717) is 17.1 Å². The minimum Gasteiger partial charge on any atom is -0.497 e. The van der Waals surface area contributed by atoms with Crippen LogP contribution in [0.15, 0.2) is 61.2 Å². The van der Waals surface area contributed by atoms with Gasteiger partial charge in [-0.15, -0.1) is 0 Å². The van der Waals surface area contributed by atoms with E-state index in [1.165, 1.54) is 6.07 Å². The molecule has 23 heavy (non-hydrogen) atoms. The van der Waals surface area contributed by atoms with Crippen LogP contribution in [0.1, 0.15) is 5.56 Å². The molecule has 0 unspecified atom stereocenters. The minimum atomic E-state index is -0.290. The molecule has 2 nitrogen and oxygen atoms in total. The van der Waals surface area contributed by atoms with E-state index in [1.807, 2.05) is 42.5 Å². The van der Waals surface area contributed by atoms with Gasteiger partial charge in [0.25, 0.3) is 0 Å². The first-order chi connectivity index (χ1) is 11.2. The molecule has 3 aromatic rings. The summed E-state index contributed by atoms with van der Waals surface area (Å²) < 4.78 is 25.2. The highest BCUT2D eigenvalue weighted by Gasteiger charge is 2.15. The first-order valence-corrected chi connectivity index (χ1v) is 7.24. The fraction of sp³-hybridized carbons (Fsp3) is 0.100. The highest BCUT2D eigenvalue weighted by molar-refractivity contribution is 5.99. The van der Waals surface area contributed by atoms with Crippen molar-refractivity contribution in [2.45, 2.75) is 0 Å². The van der Waals surface area contributed by atoms with Crippen molar-refractivity contribution in [3.05, 3.63) is 72.6 Å². The largest absolute Gasteiger partial charge is 0.497 e. The van der Waals surface area contributed by atoms with Gasteiger partial charge in [0.1, 0.15) is 17.3 Å². The Bertz CT molecular complexity index is 884. The molecule has 0 aliphatic heterocycles. The lowest BCUT2D eigenvalue weighted by Crippen LogP contribution is -1.93. The average Bonchev–Trinajstić information content (AvgIpc) is 2.60. The van der Waals surface area contributed by atoms with Crippen molar-refractivity contribution < 1.29 is 13.9 Å². The van der Waals surface area contributed by atoms with E-state index < -0.39 is 0 Å². The van der Waals surface area contributed by atoms with Crippen LogP contribution >= 0.6 is 0 Å². The first kappa shape index (κ1) is 15.1. The highest BCUT2D eigenvalue weighted by Crippen LogP contribution is 2.37. The van der Waals surface area contributed by atoms with E-state index in [2.05, 4.69) is 6.58 Å². The van der Waals surface area contributed by atoms with E-state index in [0.717, 1.165) is 21.9 Å². The van der Waals surface area contributed by atoms with Crippen LogP contribution < -0.4 is 4.74 Å². The maximum absolute atomic E-state index is 14.6. The molecule has 0 radical (unpaired) electrons.